The Hall–Kier alpha value is -3.04. The molecule has 1 saturated heterocycles. The molecule has 186 valence electrons. The highest BCUT2D eigenvalue weighted by Crippen LogP contribution is 2.36. The molecule has 0 aliphatic carbocycles. The summed E-state index contributed by atoms with van der Waals surface area (Å²) >= 11 is 6.06. The van der Waals surface area contributed by atoms with Crippen LogP contribution in [0.25, 0.3) is 0 Å². The van der Waals surface area contributed by atoms with Gasteiger partial charge in [-0.05, 0) is 75.9 Å². The van der Waals surface area contributed by atoms with Gasteiger partial charge in [0.15, 0.2) is 0 Å². The lowest BCUT2D eigenvalue weighted by molar-refractivity contribution is -0.142. The first-order chi connectivity index (χ1) is 16.5. The normalized spacial score (nSPS) is 16.4. The quantitative estimate of drug-likeness (QED) is 0.535. The maximum atomic E-state index is 13.4. The zero-order valence-electron chi connectivity index (χ0n) is 21.1. The summed E-state index contributed by atoms with van der Waals surface area (Å²) in [7, 11) is 0. The molecule has 3 rings (SSSR count). The molecule has 1 aliphatic heterocycles. The Morgan fingerprint density at radius 2 is 1.86 bits per heavy atom. The fourth-order valence-corrected chi connectivity index (χ4v) is 4.55. The fourth-order valence-electron chi connectivity index (χ4n) is 4.42. The molecule has 2 unspecified atom stereocenters. The summed E-state index contributed by atoms with van der Waals surface area (Å²) in [4.78, 5) is 27.4. The minimum atomic E-state index is -0.634. The molecule has 2 atom stereocenters. The van der Waals surface area contributed by atoms with Crippen LogP contribution in [0, 0.1) is 16.7 Å². The van der Waals surface area contributed by atoms with E-state index in [9.17, 15) is 14.9 Å². The van der Waals surface area contributed by atoms with E-state index in [2.05, 4.69) is 11.4 Å². The van der Waals surface area contributed by atoms with Crippen LogP contribution in [0.4, 0.5) is 4.79 Å². The number of halogens is 1. The van der Waals surface area contributed by atoms with E-state index in [4.69, 9.17) is 16.3 Å². The third kappa shape index (κ3) is 6.55. The predicted octanol–water partition coefficient (Wildman–Crippen LogP) is 5.69. The SMILES string of the molecule is CCC1(C(=O)NC(C)C(Cc2ccc(Cl)cc2)c2cccc(C#N)c2)CN(C(=O)OC(C)(C)C)C1. The van der Waals surface area contributed by atoms with E-state index >= 15 is 0 Å². The summed E-state index contributed by atoms with van der Waals surface area (Å²) in [6.45, 7) is 10.1. The fraction of sp³-hybridized carbons (Fsp3) is 0.464. The van der Waals surface area contributed by atoms with E-state index in [1.54, 1.807) is 11.0 Å². The van der Waals surface area contributed by atoms with Crippen molar-refractivity contribution >= 4 is 23.6 Å². The number of hydrogen-bond donors (Lipinski definition) is 1. The number of ether oxygens (including phenoxy) is 1. The molecule has 6 nitrogen and oxygen atoms in total. The second-order valence-electron chi connectivity index (χ2n) is 10.4. The molecule has 1 aliphatic rings. The smallest absolute Gasteiger partial charge is 0.410 e. The topological polar surface area (TPSA) is 82.4 Å². The van der Waals surface area contributed by atoms with E-state index < -0.39 is 17.1 Å². The molecule has 0 aromatic heterocycles. The van der Waals surface area contributed by atoms with Crippen LogP contribution in [0.3, 0.4) is 0 Å². The summed E-state index contributed by atoms with van der Waals surface area (Å²) < 4.78 is 5.45. The van der Waals surface area contributed by atoms with Crippen molar-refractivity contribution in [2.75, 3.05) is 13.1 Å². The molecule has 1 heterocycles. The molecule has 2 amide bonds. The standard InChI is InChI=1S/C28H34ClN3O3/c1-6-28(17-32(18-28)26(34)35-27(3,4)5)25(33)31-19(2)24(15-20-10-12-23(29)13-11-20)22-9-7-8-21(14-22)16-30/h7-14,19,24H,6,15,17-18H2,1-5H3,(H,31,33). The van der Waals surface area contributed by atoms with Gasteiger partial charge >= 0.3 is 6.09 Å². The third-order valence-corrected chi connectivity index (χ3v) is 6.82. The van der Waals surface area contributed by atoms with E-state index in [1.807, 2.05) is 77.1 Å². The van der Waals surface area contributed by atoms with E-state index in [1.165, 1.54) is 0 Å². The maximum absolute atomic E-state index is 13.4. The minimum absolute atomic E-state index is 0.0515. The summed E-state index contributed by atoms with van der Waals surface area (Å²) in [6, 6.07) is 17.2. The molecule has 1 fully saturated rings. The predicted molar refractivity (Wildman–Crippen MR) is 137 cm³/mol. The average molecular weight is 496 g/mol. The highest BCUT2D eigenvalue weighted by molar-refractivity contribution is 6.30. The highest BCUT2D eigenvalue weighted by Gasteiger charge is 2.51. The van der Waals surface area contributed by atoms with Crippen molar-refractivity contribution in [1.82, 2.24) is 10.2 Å². The summed E-state index contributed by atoms with van der Waals surface area (Å²) in [6.07, 6.45) is 0.907. The number of likely N-dealkylation sites (tertiary alicyclic amines) is 1. The van der Waals surface area contributed by atoms with Crippen molar-refractivity contribution < 1.29 is 14.3 Å². The summed E-state index contributed by atoms with van der Waals surface area (Å²) in [5, 5.41) is 13.3. The molecule has 0 spiro atoms. The van der Waals surface area contributed by atoms with Crippen molar-refractivity contribution in [3.05, 3.63) is 70.2 Å². The van der Waals surface area contributed by atoms with Gasteiger partial charge in [0.2, 0.25) is 5.91 Å². The van der Waals surface area contributed by atoms with Crippen molar-refractivity contribution in [3.8, 4) is 6.07 Å². The largest absolute Gasteiger partial charge is 0.444 e. The second-order valence-corrected chi connectivity index (χ2v) is 10.8. The number of carbonyl (C=O) groups is 2. The molecule has 0 radical (unpaired) electrons. The van der Waals surface area contributed by atoms with E-state index in [0.29, 0.717) is 36.5 Å². The minimum Gasteiger partial charge on any atom is -0.444 e. The molecular weight excluding hydrogens is 462 g/mol. The number of carbonyl (C=O) groups excluding carboxylic acids is 2. The van der Waals surface area contributed by atoms with Crippen molar-refractivity contribution in [2.24, 2.45) is 5.41 Å². The van der Waals surface area contributed by atoms with Gasteiger partial charge in [0.05, 0.1) is 17.0 Å². The molecule has 2 aromatic carbocycles. The van der Waals surface area contributed by atoms with Crippen LogP contribution in [0.1, 0.15) is 63.6 Å². The van der Waals surface area contributed by atoms with Crippen LogP contribution >= 0.6 is 11.6 Å². The number of hydrogen-bond acceptors (Lipinski definition) is 4. The van der Waals surface area contributed by atoms with Gasteiger partial charge < -0.3 is 15.0 Å². The molecule has 35 heavy (non-hydrogen) atoms. The second kappa shape index (κ2) is 10.7. The summed E-state index contributed by atoms with van der Waals surface area (Å²) in [5.41, 5.74) is 1.45. The third-order valence-electron chi connectivity index (χ3n) is 6.57. The van der Waals surface area contributed by atoms with Crippen LogP contribution in [0.2, 0.25) is 5.02 Å². The van der Waals surface area contributed by atoms with Gasteiger partial charge in [0, 0.05) is 30.1 Å². The average Bonchev–Trinajstić information content (AvgIpc) is 2.77. The molecule has 7 heteroatoms. The Labute approximate surface area is 213 Å². The zero-order chi connectivity index (χ0) is 25.8. The number of nitrogens with one attached hydrogen (secondary N) is 1. The monoisotopic (exact) mass is 495 g/mol. The van der Waals surface area contributed by atoms with Crippen molar-refractivity contribution in [1.29, 1.82) is 5.26 Å². The number of benzene rings is 2. The Kier molecular flexibility index (Phi) is 8.12. The van der Waals surface area contributed by atoms with Gasteiger partial charge in [0.25, 0.3) is 0 Å². The molecule has 0 saturated carbocycles. The van der Waals surface area contributed by atoms with Crippen LogP contribution in [0.15, 0.2) is 48.5 Å². The van der Waals surface area contributed by atoms with Gasteiger partial charge in [-0.3, -0.25) is 4.79 Å². The number of rotatable bonds is 7. The lowest BCUT2D eigenvalue weighted by atomic mass is 9.76. The van der Waals surface area contributed by atoms with Gasteiger partial charge in [-0.25, -0.2) is 4.79 Å². The van der Waals surface area contributed by atoms with Gasteiger partial charge in [0.1, 0.15) is 5.60 Å². The van der Waals surface area contributed by atoms with E-state index in [-0.39, 0.29) is 17.9 Å². The number of amides is 2. The number of nitrogens with zero attached hydrogens (tertiary/aromatic N) is 2. The summed E-state index contributed by atoms with van der Waals surface area (Å²) in [5.74, 6) is -0.116. The van der Waals surface area contributed by atoms with Crippen molar-refractivity contribution in [2.45, 2.75) is 65.0 Å². The Bertz CT molecular complexity index is 1100. The molecule has 1 N–H and O–H groups in total. The van der Waals surface area contributed by atoms with Gasteiger partial charge in [-0.1, -0.05) is 42.8 Å². The zero-order valence-corrected chi connectivity index (χ0v) is 21.9. The Morgan fingerprint density at radius 1 is 1.20 bits per heavy atom. The van der Waals surface area contributed by atoms with E-state index in [0.717, 1.165) is 11.1 Å². The van der Waals surface area contributed by atoms with Gasteiger partial charge in [-0.2, -0.15) is 5.26 Å². The highest BCUT2D eigenvalue weighted by atomic mass is 35.5. The maximum Gasteiger partial charge on any atom is 0.410 e. The Morgan fingerprint density at radius 3 is 2.43 bits per heavy atom. The van der Waals surface area contributed by atoms with Crippen LogP contribution in [-0.2, 0) is 16.0 Å². The van der Waals surface area contributed by atoms with Crippen LogP contribution in [0.5, 0.6) is 0 Å². The van der Waals surface area contributed by atoms with Crippen LogP contribution < -0.4 is 5.32 Å². The first-order valence-corrected chi connectivity index (χ1v) is 12.4. The number of nitriles is 1. The van der Waals surface area contributed by atoms with Crippen molar-refractivity contribution in [3.63, 3.8) is 0 Å². The first kappa shape index (κ1) is 26.6. The first-order valence-electron chi connectivity index (χ1n) is 12.0. The molecule has 0 bridgehead atoms. The lowest BCUT2D eigenvalue weighted by Crippen LogP contribution is -2.65. The van der Waals surface area contributed by atoms with Crippen LogP contribution in [-0.4, -0.2) is 41.6 Å². The Balaban J connectivity index is 1.76. The molecule has 2 aromatic rings. The molecular formula is C28H34ClN3O3. The van der Waals surface area contributed by atoms with Gasteiger partial charge in [-0.15, -0.1) is 0 Å². The lowest BCUT2D eigenvalue weighted by Gasteiger charge is -2.48.